The fourth-order valence-corrected chi connectivity index (χ4v) is 5.15. The Morgan fingerprint density at radius 2 is 1.64 bits per heavy atom. The number of pyridine rings is 1. The number of ether oxygens (including phenoxy) is 1. The molecule has 2 aliphatic heterocycles. The van der Waals surface area contributed by atoms with Crippen LogP contribution in [0.15, 0.2) is 78.9 Å². The molecule has 1 aromatic heterocycles. The summed E-state index contributed by atoms with van der Waals surface area (Å²) in [5.74, 6) is -2.64. The third-order valence-corrected chi connectivity index (χ3v) is 7.32. The molecule has 2 aliphatic rings. The molecule has 42 heavy (non-hydrogen) atoms. The number of fused-ring (bicyclic) bond motifs is 2. The van der Waals surface area contributed by atoms with Crippen molar-refractivity contribution in [3.8, 4) is 11.1 Å². The maximum atomic E-state index is 13.4. The van der Waals surface area contributed by atoms with E-state index in [2.05, 4.69) is 65.6 Å². The van der Waals surface area contributed by atoms with Gasteiger partial charge >= 0.3 is 12.1 Å². The van der Waals surface area contributed by atoms with Gasteiger partial charge in [-0.3, -0.25) is 14.7 Å². The molecule has 1 amide bonds. The zero-order valence-electron chi connectivity index (χ0n) is 22.8. The van der Waals surface area contributed by atoms with E-state index in [1.807, 2.05) is 23.1 Å². The van der Waals surface area contributed by atoms with Crippen LogP contribution in [0.2, 0.25) is 0 Å². The van der Waals surface area contributed by atoms with Gasteiger partial charge in [0.25, 0.3) is 5.91 Å². The molecule has 6 rings (SSSR count). The molecule has 0 aliphatic carbocycles. The Hall–Kier alpha value is -4.28. The van der Waals surface area contributed by atoms with Gasteiger partial charge in [0.15, 0.2) is 0 Å². The van der Waals surface area contributed by atoms with E-state index in [1.165, 1.54) is 5.56 Å². The predicted molar refractivity (Wildman–Crippen MR) is 152 cm³/mol. The van der Waals surface area contributed by atoms with Crippen LogP contribution < -0.4 is 0 Å². The van der Waals surface area contributed by atoms with Gasteiger partial charge in [-0.05, 0) is 34.4 Å². The second-order valence-electron chi connectivity index (χ2n) is 10.2. The lowest BCUT2D eigenvalue weighted by atomic mass is 9.96. The van der Waals surface area contributed by atoms with Crippen LogP contribution in [0.3, 0.4) is 0 Å². The zero-order chi connectivity index (χ0) is 29.7. The summed E-state index contributed by atoms with van der Waals surface area (Å²) in [5, 5.41) is 8.27. The highest BCUT2D eigenvalue weighted by molar-refractivity contribution is 6.04. The smallest absolute Gasteiger partial charge is 0.475 e. The van der Waals surface area contributed by atoms with Crippen LogP contribution in [-0.4, -0.2) is 70.8 Å². The molecule has 0 bridgehead atoms. The number of morpholine rings is 1. The molecule has 0 spiro atoms. The number of rotatable bonds is 6. The molecular weight excluding hydrogens is 547 g/mol. The Labute approximate surface area is 241 Å². The summed E-state index contributed by atoms with van der Waals surface area (Å²) in [6, 6.07) is 27.2. The maximum Gasteiger partial charge on any atom is 0.490 e. The number of alkyl halides is 3. The van der Waals surface area contributed by atoms with E-state index in [4.69, 9.17) is 19.6 Å². The van der Waals surface area contributed by atoms with Crippen molar-refractivity contribution in [1.82, 2.24) is 14.8 Å². The normalized spacial score (nSPS) is 15.3. The Morgan fingerprint density at radius 3 is 2.36 bits per heavy atom. The van der Waals surface area contributed by atoms with Crippen molar-refractivity contribution in [3.63, 3.8) is 0 Å². The number of hydrogen-bond donors (Lipinski definition) is 1. The molecule has 3 heterocycles. The SMILES string of the molecule is O=C(O)C(F)(F)F.O=C1c2c(cccc2-c2ccc(CN3CCOCC3)cc2)CN1CCc1ccc2ccccc2n1. The molecule has 1 saturated heterocycles. The summed E-state index contributed by atoms with van der Waals surface area (Å²) < 4.78 is 37.2. The topological polar surface area (TPSA) is 83.0 Å². The van der Waals surface area contributed by atoms with E-state index < -0.39 is 12.1 Å². The third-order valence-electron chi connectivity index (χ3n) is 7.32. The summed E-state index contributed by atoms with van der Waals surface area (Å²) in [5.41, 5.74) is 7.38. The number of carbonyl (C=O) groups excluding carboxylic acids is 1. The number of aromatic nitrogens is 1. The lowest BCUT2D eigenvalue weighted by Crippen LogP contribution is -2.35. The number of halogens is 3. The summed E-state index contributed by atoms with van der Waals surface area (Å²) in [6.07, 6.45) is -4.34. The predicted octanol–water partition coefficient (Wildman–Crippen LogP) is 5.57. The van der Waals surface area contributed by atoms with Crippen LogP contribution in [-0.2, 0) is 29.0 Å². The number of hydrogen-bond acceptors (Lipinski definition) is 5. The molecule has 0 unspecified atom stereocenters. The molecule has 0 saturated carbocycles. The number of nitrogens with zero attached hydrogens (tertiary/aromatic N) is 3. The van der Waals surface area contributed by atoms with E-state index in [0.717, 1.165) is 78.1 Å². The number of aliphatic carboxylic acids is 1. The molecule has 1 N–H and O–H groups in total. The number of carboxylic acid groups (broad SMARTS) is 1. The van der Waals surface area contributed by atoms with Crippen LogP contribution >= 0.6 is 0 Å². The van der Waals surface area contributed by atoms with Gasteiger partial charge in [0.05, 0.1) is 24.3 Å². The highest BCUT2D eigenvalue weighted by atomic mass is 19.4. The molecular formula is C32H30F3N3O4. The first-order valence-corrected chi connectivity index (χ1v) is 13.6. The number of para-hydroxylation sites is 1. The van der Waals surface area contributed by atoms with Crippen LogP contribution in [0, 0.1) is 0 Å². The van der Waals surface area contributed by atoms with Crippen LogP contribution in [0.4, 0.5) is 13.2 Å². The number of carbonyl (C=O) groups is 2. The highest BCUT2D eigenvalue weighted by Gasteiger charge is 2.38. The van der Waals surface area contributed by atoms with Gasteiger partial charge in [0.1, 0.15) is 0 Å². The second kappa shape index (κ2) is 12.7. The van der Waals surface area contributed by atoms with Gasteiger partial charge in [0.2, 0.25) is 0 Å². The van der Waals surface area contributed by atoms with Gasteiger partial charge in [-0.2, -0.15) is 13.2 Å². The first-order valence-electron chi connectivity index (χ1n) is 13.6. The second-order valence-corrected chi connectivity index (χ2v) is 10.2. The first-order chi connectivity index (χ1) is 20.2. The Morgan fingerprint density at radius 1 is 0.929 bits per heavy atom. The average Bonchev–Trinajstić information content (AvgIpc) is 3.32. The van der Waals surface area contributed by atoms with E-state index in [-0.39, 0.29) is 5.91 Å². The fraction of sp³-hybridized carbons (Fsp3) is 0.281. The van der Waals surface area contributed by atoms with Crippen molar-refractivity contribution >= 4 is 22.8 Å². The molecule has 1 fully saturated rings. The average molecular weight is 578 g/mol. The van der Waals surface area contributed by atoms with E-state index in [1.54, 1.807) is 0 Å². The first kappa shape index (κ1) is 29.2. The lowest BCUT2D eigenvalue weighted by Gasteiger charge is -2.26. The van der Waals surface area contributed by atoms with Gasteiger partial charge in [-0.15, -0.1) is 0 Å². The van der Waals surface area contributed by atoms with Crippen molar-refractivity contribution in [2.24, 2.45) is 0 Å². The summed E-state index contributed by atoms with van der Waals surface area (Å²) in [7, 11) is 0. The summed E-state index contributed by atoms with van der Waals surface area (Å²) in [4.78, 5) is 31.5. The lowest BCUT2D eigenvalue weighted by molar-refractivity contribution is -0.192. The summed E-state index contributed by atoms with van der Waals surface area (Å²) in [6.45, 7) is 5.83. The van der Waals surface area contributed by atoms with Crippen LogP contribution in [0.5, 0.6) is 0 Å². The Balaban J connectivity index is 0.000000451. The molecule has 218 valence electrons. The largest absolute Gasteiger partial charge is 0.490 e. The van der Waals surface area contributed by atoms with E-state index >= 15 is 0 Å². The van der Waals surface area contributed by atoms with E-state index in [9.17, 15) is 18.0 Å². The van der Waals surface area contributed by atoms with Gasteiger partial charge in [-0.1, -0.05) is 66.7 Å². The van der Waals surface area contributed by atoms with Crippen molar-refractivity contribution in [2.45, 2.75) is 25.7 Å². The minimum Gasteiger partial charge on any atom is -0.475 e. The number of amides is 1. The maximum absolute atomic E-state index is 13.4. The zero-order valence-corrected chi connectivity index (χ0v) is 22.8. The highest BCUT2D eigenvalue weighted by Crippen LogP contribution is 2.33. The molecule has 10 heteroatoms. The standard InChI is InChI=1S/C30H29N3O2.C2HF3O2/c34-30-29-25(21-33(30)15-14-26-13-12-24-4-1-2-7-28(24)31-26)5-3-6-27(29)23-10-8-22(9-11-23)20-32-16-18-35-19-17-32;3-2(4,5)1(6)7/h1-13H,14-21H2;(H,6,7). The monoisotopic (exact) mass is 577 g/mol. The quantitative estimate of drug-likeness (QED) is 0.323. The molecule has 3 aromatic carbocycles. The Kier molecular flexibility index (Phi) is 8.84. The number of benzene rings is 3. The molecule has 0 atom stereocenters. The van der Waals surface area contributed by atoms with Crippen molar-refractivity contribution in [2.75, 3.05) is 32.8 Å². The van der Waals surface area contributed by atoms with Crippen LogP contribution in [0.25, 0.3) is 22.0 Å². The molecule has 0 radical (unpaired) electrons. The van der Waals surface area contributed by atoms with Gasteiger partial charge < -0.3 is 14.7 Å². The Bertz CT molecular complexity index is 1570. The third kappa shape index (κ3) is 6.95. The van der Waals surface area contributed by atoms with Crippen molar-refractivity contribution < 1.29 is 32.6 Å². The van der Waals surface area contributed by atoms with Crippen LogP contribution in [0.1, 0.15) is 27.2 Å². The van der Waals surface area contributed by atoms with Gasteiger partial charge in [-0.25, -0.2) is 4.79 Å². The van der Waals surface area contributed by atoms with Crippen molar-refractivity contribution in [1.29, 1.82) is 0 Å². The molecule has 7 nitrogen and oxygen atoms in total. The van der Waals surface area contributed by atoms with Crippen molar-refractivity contribution in [3.05, 3.63) is 101 Å². The number of carboxylic acids is 1. The minimum absolute atomic E-state index is 0.119. The minimum atomic E-state index is -5.08. The fourth-order valence-electron chi connectivity index (χ4n) is 5.15. The summed E-state index contributed by atoms with van der Waals surface area (Å²) >= 11 is 0. The van der Waals surface area contributed by atoms with E-state index in [0.29, 0.717) is 13.1 Å². The molecule has 4 aromatic rings. The van der Waals surface area contributed by atoms with Gasteiger partial charge in [0, 0.05) is 50.2 Å².